The second-order valence-corrected chi connectivity index (χ2v) is 5.33. The van der Waals surface area contributed by atoms with Gasteiger partial charge in [-0.25, -0.2) is 4.39 Å². The molecule has 2 N–H and O–H groups in total. The van der Waals surface area contributed by atoms with Crippen LogP contribution in [0.3, 0.4) is 0 Å². The van der Waals surface area contributed by atoms with Crippen LogP contribution in [0.1, 0.15) is 19.8 Å². The SMILES string of the molecule is CC(NCC(=O)Nc1cc(Cl)ccc1F)C1CCCO1. The molecule has 0 saturated carbocycles. The highest BCUT2D eigenvalue weighted by Gasteiger charge is 2.22. The van der Waals surface area contributed by atoms with E-state index in [9.17, 15) is 9.18 Å². The number of rotatable bonds is 5. The van der Waals surface area contributed by atoms with Gasteiger partial charge in [0, 0.05) is 17.7 Å². The summed E-state index contributed by atoms with van der Waals surface area (Å²) < 4.78 is 19.0. The third-order valence-corrected chi connectivity index (χ3v) is 3.54. The van der Waals surface area contributed by atoms with Gasteiger partial charge in [-0.2, -0.15) is 0 Å². The molecule has 6 heteroatoms. The maximum Gasteiger partial charge on any atom is 0.238 e. The first-order chi connectivity index (χ1) is 9.56. The predicted octanol–water partition coefficient (Wildman–Crippen LogP) is 2.57. The van der Waals surface area contributed by atoms with E-state index in [1.807, 2.05) is 6.92 Å². The van der Waals surface area contributed by atoms with Gasteiger partial charge in [0.05, 0.1) is 18.3 Å². The number of hydrogen-bond acceptors (Lipinski definition) is 3. The van der Waals surface area contributed by atoms with Crippen LogP contribution < -0.4 is 10.6 Å². The molecular formula is C14H18ClFN2O2. The Balaban J connectivity index is 1.81. The van der Waals surface area contributed by atoms with Crippen molar-refractivity contribution in [3.8, 4) is 0 Å². The molecule has 1 fully saturated rings. The number of benzene rings is 1. The quantitative estimate of drug-likeness (QED) is 0.879. The van der Waals surface area contributed by atoms with Crippen molar-refractivity contribution in [3.05, 3.63) is 29.0 Å². The highest BCUT2D eigenvalue weighted by molar-refractivity contribution is 6.30. The summed E-state index contributed by atoms with van der Waals surface area (Å²) in [4.78, 5) is 11.8. The Bertz CT molecular complexity index is 478. The number of halogens is 2. The Morgan fingerprint density at radius 2 is 2.40 bits per heavy atom. The van der Waals surface area contributed by atoms with Crippen molar-refractivity contribution in [1.29, 1.82) is 0 Å². The Labute approximate surface area is 122 Å². The molecule has 2 atom stereocenters. The van der Waals surface area contributed by atoms with Crippen LogP contribution in [-0.4, -0.2) is 31.2 Å². The molecule has 4 nitrogen and oxygen atoms in total. The minimum atomic E-state index is -0.505. The van der Waals surface area contributed by atoms with Crippen LogP contribution in [0.5, 0.6) is 0 Å². The van der Waals surface area contributed by atoms with Gasteiger partial charge in [0.15, 0.2) is 0 Å². The average Bonchev–Trinajstić information content (AvgIpc) is 2.94. The lowest BCUT2D eigenvalue weighted by molar-refractivity contribution is -0.115. The molecule has 1 heterocycles. The van der Waals surface area contributed by atoms with Crippen molar-refractivity contribution in [2.45, 2.75) is 31.9 Å². The zero-order valence-corrected chi connectivity index (χ0v) is 12.0. The molecule has 0 spiro atoms. The van der Waals surface area contributed by atoms with Crippen molar-refractivity contribution in [1.82, 2.24) is 5.32 Å². The van der Waals surface area contributed by atoms with E-state index in [4.69, 9.17) is 16.3 Å². The lowest BCUT2D eigenvalue weighted by Gasteiger charge is -2.19. The van der Waals surface area contributed by atoms with Gasteiger partial charge in [-0.3, -0.25) is 4.79 Å². The first kappa shape index (κ1) is 15.2. The highest BCUT2D eigenvalue weighted by Crippen LogP contribution is 2.19. The van der Waals surface area contributed by atoms with Crippen molar-refractivity contribution in [2.24, 2.45) is 0 Å². The molecule has 1 aliphatic rings. The number of amides is 1. The molecule has 110 valence electrons. The average molecular weight is 301 g/mol. The van der Waals surface area contributed by atoms with Gasteiger partial charge in [0.25, 0.3) is 0 Å². The Morgan fingerprint density at radius 1 is 1.60 bits per heavy atom. The molecule has 0 bridgehead atoms. The third-order valence-electron chi connectivity index (χ3n) is 3.31. The van der Waals surface area contributed by atoms with E-state index in [2.05, 4.69) is 10.6 Å². The van der Waals surface area contributed by atoms with Crippen LogP contribution in [0.4, 0.5) is 10.1 Å². The fourth-order valence-corrected chi connectivity index (χ4v) is 2.34. The van der Waals surface area contributed by atoms with Gasteiger partial charge in [0.1, 0.15) is 5.82 Å². The van der Waals surface area contributed by atoms with Gasteiger partial charge in [-0.15, -0.1) is 0 Å². The molecular weight excluding hydrogens is 283 g/mol. The third kappa shape index (κ3) is 4.16. The summed E-state index contributed by atoms with van der Waals surface area (Å²) in [5.74, 6) is -0.814. The molecule has 1 saturated heterocycles. The molecule has 1 aliphatic heterocycles. The highest BCUT2D eigenvalue weighted by atomic mass is 35.5. The normalized spacial score (nSPS) is 19.9. The molecule has 1 amide bonds. The van der Waals surface area contributed by atoms with Crippen molar-refractivity contribution in [3.63, 3.8) is 0 Å². The lowest BCUT2D eigenvalue weighted by atomic mass is 10.1. The first-order valence-electron chi connectivity index (χ1n) is 6.66. The number of nitrogens with one attached hydrogen (secondary N) is 2. The summed E-state index contributed by atoms with van der Waals surface area (Å²) >= 11 is 5.76. The standard InChI is InChI=1S/C14H18ClFN2O2/c1-9(13-3-2-6-20-13)17-8-14(19)18-12-7-10(15)4-5-11(12)16/h4-5,7,9,13,17H,2-3,6,8H2,1H3,(H,18,19). The second-order valence-electron chi connectivity index (χ2n) is 4.89. The number of hydrogen-bond donors (Lipinski definition) is 2. The summed E-state index contributed by atoms with van der Waals surface area (Å²) in [6.07, 6.45) is 2.20. The van der Waals surface area contributed by atoms with Crippen LogP contribution >= 0.6 is 11.6 Å². The molecule has 2 rings (SSSR count). The van der Waals surface area contributed by atoms with E-state index in [1.54, 1.807) is 0 Å². The Hall–Kier alpha value is -1.17. The summed E-state index contributed by atoms with van der Waals surface area (Å²) in [7, 11) is 0. The zero-order chi connectivity index (χ0) is 14.5. The molecule has 20 heavy (non-hydrogen) atoms. The molecule has 1 aromatic rings. The largest absolute Gasteiger partial charge is 0.377 e. The van der Waals surface area contributed by atoms with Crippen LogP contribution in [-0.2, 0) is 9.53 Å². The summed E-state index contributed by atoms with van der Waals surface area (Å²) in [5, 5.41) is 5.96. The molecule has 0 aliphatic carbocycles. The smallest absolute Gasteiger partial charge is 0.238 e. The van der Waals surface area contributed by atoms with E-state index in [0.29, 0.717) is 5.02 Å². The second kappa shape index (κ2) is 7.02. The van der Waals surface area contributed by atoms with Crippen molar-refractivity contribution in [2.75, 3.05) is 18.5 Å². The van der Waals surface area contributed by atoms with Gasteiger partial charge >= 0.3 is 0 Å². The molecule has 0 radical (unpaired) electrons. The maximum atomic E-state index is 13.5. The van der Waals surface area contributed by atoms with Gasteiger partial charge in [-0.1, -0.05) is 11.6 Å². The summed E-state index contributed by atoms with van der Waals surface area (Å²) in [6, 6.07) is 4.13. The summed E-state index contributed by atoms with van der Waals surface area (Å²) in [6.45, 7) is 2.85. The van der Waals surface area contributed by atoms with Crippen LogP contribution in [0.15, 0.2) is 18.2 Å². The fourth-order valence-electron chi connectivity index (χ4n) is 2.17. The van der Waals surface area contributed by atoms with Crippen LogP contribution in [0.2, 0.25) is 5.02 Å². The van der Waals surface area contributed by atoms with Gasteiger partial charge < -0.3 is 15.4 Å². The van der Waals surface area contributed by atoms with Crippen LogP contribution in [0, 0.1) is 5.82 Å². The van der Waals surface area contributed by atoms with E-state index < -0.39 is 5.82 Å². The van der Waals surface area contributed by atoms with E-state index >= 15 is 0 Å². The minimum Gasteiger partial charge on any atom is -0.377 e. The monoisotopic (exact) mass is 300 g/mol. The van der Waals surface area contributed by atoms with E-state index in [1.165, 1.54) is 18.2 Å². The van der Waals surface area contributed by atoms with E-state index in [-0.39, 0.29) is 30.3 Å². The van der Waals surface area contributed by atoms with Crippen molar-refractivity contribution >= 4 is 23.2 Å². The number of ether oxygens (including phenoxy) is 1. The van der Waals surface area contributed by atoms with Crippen molar-refractivity contribution < 1.29 is 13.9 Å². The van der Waals surface area contributed by atoms with E-state index in [0.717, 1.165) is 19.4 Å². The molecule has 1 aromatic carbocycles. The fraction of sp³-hybridized carbons (Fsp3) is 0.500. The zero-order valence-electron chi connectivity index (χ0n) is 11.3. The first-order valence-corrected chi connectivity index (χ1v) is 7.04. The number of carbonyl (C=O) groups is 1. The number of anilines is 1. The van der Waals surface area contributed by atoms with Gasteiger partial charge in [-0.05, 0) is 38.0 Å². The Kier molecular flexibility index (Phi) is 5.34. The van der Waals surface area contributed by atoms with Gasteiger partial charge in [0.2, 0.25) is 5.91 Å². The molecule has 2 unspecified atom stereocenters. The maximum absolute atomic E-state index is 13.5. The lowest BCUT2D eigenvalue weighted by Crippen LogP contribution is -2.41. The van der Waals surface area contributed by atoms with Crippen LogP contribution in [0.25, 0.3) is 0 Å². The number of carbonyl (C=O) groups excluding carboxylic acids is 1. The Morgan fingerprint density at radius 3 is 3.10 bits per heavy atom. The predicted molar refractivity (Wildman–Crippen MR) is 76.5 cm³/mol. The topological polar surface area (TPSA) is 50.4 Å². The summed E-state index contributed by atoms with van der Waals surface area (Å²) in [5.41, 5.74) is 0.0917. The minimum absolute atomic E-state index is 0.0902. The molecule has 0 aromatic heterocycles.